The fourth-order valence-electron chi connectivity index (χ4n) is 2.88. The monoisotopic (exact) mass is 399 g/mol. The second kappa shape index (κ2) is 8.46. The quantitative estimate of drug-likeness (QED) is 0.796. The van der Waals surface area contributed by atoms with Gasteiger partial charge in [0.1, 0.15) is 5.75 Å². The molecule has 1 saturated heterocycles. The van der Waals surface area contributed by atoms with Crippen molar-refractivity contribution in [1.29, 1.82) is 0 Å². The number of hydrogen-bond acceptors (Lipinski definition) is 4. The van der Waals surface area contributed by atoms with Crippen molar-refractivity contribution in [2.24, 2.45) is 0 Å². The maximum Gasteiger partial charge on any atom is 0.260 e. The first-order chi connectivity index (χ1) is 12.4. The van der Waals surface area contributed by atoms with E-state index in [2.05, 4.69) is 10.2 Å². The Hall–Kier alpha value is -1.50. The Morgan fingerprint density at radius 2 is 1.88 bits per heavy atom. The zero-order valence-corrected chi connectivity index (χ0v) is 16.2. The van der Waals surface area contributed by atoms with Crippen molar-refractivity contribution in [3.05, 3.63) is 28.2 Å². The summed E-state index contributed by atoms with van der Waals surface area (Å²) >= 11 is 11.8. The lowest BCUT2D eigenvalue weighted by molar-refractivity contribution is -0.136. The molecule has 1 aliphatic heterocycles. The maximum absolute atomic E-state index is 12.3. The van der Waals surface area contributed by atoms with E-state index in [1.165, 1.54) is 0 Å². The first-order valence-electron chi connectivity index (χ1n) is 8.84. The summed E-state index contributed by atoms with van der Waals surface area (Å²) in [5, 5.41) is 3.87. The Morgan fingerprint density at radius 3 is 2.50 bits per heavy atom. The molecule has 1 saturated carbocycles. The predicted molar refractivity (Wildman–Crippen MR) is 101 cm³/mol. The molecule has 8 heteroatoms. The van der Waals surface area contributed by atoms with Gasteiger partial charge >= 0.3 is 0 Å². The third-order valence-electron chi connectivity index (χ3n) is 4.77. The fraction of sp³-hybridized carbons (Fsp3) is 0.556. The molecule has 6 nitrogen and oxygen atoms in total. The van der Waals surface area contributed by atoms with Crippen LogP contribution in [0.3, 0.4) is 0 Å². The van der Waals surface area contributed by atoms with Gasteiger partial charge in [-0.2, -0.15) is 0 Å². The molecule has 1 N–H and O–H groups in total. The van der Waals surface area contributed by atoms with Crippen molar-refractivity contribution in [1.82, 2.24) is 15.1 Å². The number of amides is 2. The van der Waals surface area contributed by atoms with E-state index in [9.17, 15) is 9.59 Å². The van der Waals surface area contributed by atoms with Crippen LogP contribution in [-0.2, 0) is 9.59 Å². The largest absolute Gasteiger partial charge is 0.484 e. The molecule has 0 radical (unpaired) electrons. The van der Waals surface area contributed by atoms with E-state index in [1.54, 1.807) is 23.1 Å². The number of nitrogens with zero attached hydrogens (tertiary/aromatic N) is 2. The molecular formula is C18H23Cl2N3O3. The van der Waals surface area contributed by atoms with Crippen LogP contribution in [0, 0.1) is 0 Å². The first kappa shape index (κ1) is 19.3. The number of rotatable bonds is 6. The number of ether oxygens (including phenoxy) is 1. The van der Waals surface area contributed by atoms with Gasteiger partial charge in [0.05, 0.1) is 16.1 Å². The number of carbonyl (C=O) groups excluding carboxylic acids is 2. The van der Waals surface area contributed by atoms with Gasteiger partial charge in [0, 0.05) is 38.3 Å². The van der Waals surface area contributed by atoms with Crippen molar-refractivity contribution in [3.63, 3.8) is 0 Å². The van der Waals surface area contributed by atoms with E-state index in [0.29, 0.717) is 48.0 Å². The highest BCUT2D eigenvalue weighted by Crippen LogP contribution is 2.26. The van der Waals surface area contributed by atoms with Crippen LogP contribution in [0.4, 0.5) is 0 Å². The van der Waals surface area contributed by atoms with Crippen LogP contribution in [0.5, 0.6) is 5.75 Å². The third kappa shape index (κ3) is 5.02. The van der Waals surface area contributed by atoms with Crippen LogP contribution >= 0.6 is 23.2 Å². The number of halogens is 2. The van der Waals surface area contributed by atoms with E-state index in [4.69, 9.17) is 27.9 Å². The van der Waals surface area contributed by atoms with E-state index < -0.39 is 0 Å². The Labute approximate surface area is 163 Å². The number of carbonyl (C=O) groups is 2. The minimum Gasteiger partial charge on any atom is -0.484 e. The molecule has 1 aromatic rings. The smallest absolute Gasteiger partial charge is 0.260 e. The van der Waals surface area contributed by atoms with Gasteiger partial charge in [-0.15, -0.1) is 0 Å². The lowest BCUT2D eigenvalue weighted by atomic mass is 10.2. The van der Waals surface area contributed by atoms with Crippen molar-refractivity contribution < 1.29 is 14.3 Å². The van der Waals surface area contributed by atoms with E-state index in [-0.39, 0.29) is 24.5 Å². The highest BCUT2D eigenvalue weighted by molar-refractivity contribution is 6.42. The SMILES string of the molecule is CC(C(=O)NC1CC1)N1CCN(C(=O)COc2ccc(Cl)c(Cl)c2)CC1. The van der Waals surface area contributed by atoms with E-state index in [1.807, 2.05) is 6.92 Å². The Bertz CT molecular complexity index is 674. The summed E-state index contributed by atoms with van der Waals surface area (Å²) in [6.45, 7) is 4.41. The molecule has 3 rings (SSSR count). The summed E-state index contributed by atoms with van der Waals surface area (Å²) in [5.41, 5.74) is 0. The van der Waals surface area contributed by atoms with Gasteiger partial charge in [-0.1, -0.05) is 23.2 Å². The molecule has 2 aliphatic rings. The maximum atomic E-state index is 12.3. The Kier molecular flexibility index (Phi) is 6.27. The predicted octanol–water partition coefficient (Wildman–Crippen LogP) is 2.18. The molecule has 1 aliphatic carbocycles. The Morgan fingerprint density at radius 1 is 1.19 bits per heavy atom. The standard InChI is InChI=1S/C18H23Cl2N3O3/c1-12(18(25)21-13-2-3-13)22-6-8-23(9-7-22)17(24)11-26-14-4-5-15(19)16(20)10-14/h4-5,10,12-13H,2-3,6-9,11H2,1H3,(H,21,25). The third-order valence-corrected chi connectivity index (χ3v) is 5.51. The topological polar surface area (TPSA) is 61.9 Å². The molecule has 1 aromatic carbocycles. The van der Waals surface area contributed by atoms with Crippen molar-refractivity contribution >= 4 is 35.0 Å². The average Bonchev–Trinajstić information content (AvgIpc) is 3.46. The molecule has 142 valence electrons. The lowest BCUT2D eigenvalue weighted by Gasteiger charge is -2.37. The minimum absolute atomic E-state index is 0.0460. The average molecular weight is 400 g/mol. The normalized spacial score (nSPS) is 19.1. The molecular weight excluding hydrogens is 377 g/mol. The van der Waals surface area contributed by atoms with Crippen LogP contribution in [-0.4, -0.2) is 66.5 Å². The summed E-state index contributed by atoms with van der Waals surface area (Å²) < 4.78 is 5.51. The number of benzene rings is 1. The second-order valence-electron chi connectivity index (χ2n) is 6.74. The summed E-state index contributed by atoms with van der Waals surface area (Å²) in [4.78, 5) is 28.4. The first-order valence-corrected chi connectivity index (χ1v) is 9.59. The van der Waals surface area contributed by atoms with Crippen LogP contribution < -0.4 is 10.1 Å². The molecule has 2 amide bonds. The van der Waals surface area contributed by atoms with E-state index in [0.717, 1.165) is 12.8 Å². The van der Waals surface area contributed by atoms with Crippen molar-refractivity contribution in [2.45, 2.75) is 31.8 Å². The number of piperazine rings is 1. The van der Waals surface area contributed by atoms with Crippen molar-refractivity contribution in [3.8, 4) is 5.75 Å². The van der Waals surface area contributed by atoms with Gasteiger partial charge < -0.3 is 15.0 Å². The van der Waals surface area contributed by atoms with Gasteiger partial charge in [0.15, 0.2) is 6.61 Å². The highest BCUT2D eigenvalue weighted by atomic mass is 35.5. The molecule has 1 heterocycles. The zero-order valence-electron chi connectivity index (χ0n) is 14.7. The summed E-state index contributed by atoms with van der Waals surface area (Å²) in [6, 6.07) is 5.11. The molecule has 0 spiro atoms. The van der Waals surface area contributed by atoms with Gasteiger partial charge in [0.25, 0.3) is 5.91 Å². The fourth-order valence-corrected chi connectivity index (χ4v) is 3.16. The van der Waals surface area contributed by atoms with E-state index >= 15 is 0 Å². The molecule has 1 atom stereocenters. The van der Waals surface area contributed by atoms with Crippen molar-refractivity contribution in [2.75, 3.05) is 32.8 Å². The molecule has 1 unspecified atom stereocenters. The molecule has 26 heavy (non-hydrogen) atoms. The van der Waals surface area contributed by atoms with Gasteiger partial charge in [-0.05, 0) is 31.9 Å². The van der Waals surface area contributed by atoms with Crippen LogP contribution in [0.15, 0.2) is 18.2 Å². The zero-order chi connectivity index (χ0) is 18.7. The second-order valence-corrected chi connectivity index (χ2v) is 7.55. The molecule has 2 fully saturated rings. The highest BCUT2D eigenvalue weighted by Gasteiger charge is 2.30. The Balaban J connectivity index is 1.42. The summed E-state index contributed by atoms with van der Waals surface area (Å²) in [7, 11) is 0. The lowest BCUT2D eigenvalue weighted by Crippen LogP contribution is -2.55. The number of hydrogen-bond donors (Lipinski definition) is 1. The van der Waals surface area contributed by atoms with Gasteiger partial charge in [-0.3, -0.25) is 14.5 Å². The van der Waals surface area contributed by atoms with Gasteiger partial charge in [0.2, 0.25) is 5.91 Å². The minimum atomic E-state index is -0.166. The number of nitrogens with one attached hydrogen (secondary N) is 1. The molecule has 0 bridgehead atoms. The van der Waals surface area contributed by atoms with Crippen LogP contribution in [0.1, 0.15) is 19.8 Å². The van der Waals surface area contributed by atoms with Crippen LogP contribution in [0.25, 0.3) is 0 Å². The summed E-state index contributed by atoms with van der Waals surface area (Å²) in [6.07, 6.45) is 2.17. The van der Waals surface area contributed by atoms with Crippen LogP contribution in [0.2, 0.25) is 10.0 Å². The van der Waals surface area contributed by atoms with Gasteiger partial charge in [-0.25, -0.2) is 0 Å². The molecule has 0 aromatic heterocycles. The summed E-state index contributed by atoms with van der Waals surface area (Å²) in [5.74, 6) is 0.512.